The van der Waals surface area contributed by atoms with Gasteiger partial charge in [0.15, 0.2) is 0 Å². The maximum absolute atomic E-state index is 12.6. The van der Waals surface area contributed by atoms with Gasteiger partial charge in [0.05, 0.1) is 17.0 Å². The average molecular weight is 435 g/mol. The van der Waals surface area contributed by atoms with Crippen molar-refractivity contribution in [1.29, 1.82) is 0 Å². The molecule has 2 amide bonds. The van der Waals surface area contributed by atoms with Crippen LogP contribution in [0.5, 0.6) is 5.75 Å². The monoisotopic (exact) mass is 435 g/mol. The summed E-state index contributed by atoms with van der Waals surface area (Å²) >= 11 is 0.825. The second kappa shape index (κ2) is 8.93. The van der Waals surface area contributed by atoms with E-state index in [1.165, 1.54) is 12.1 Å². The molecule has 0 aliphatic carbocycles. The summed E-state index contributed by atoms with van der Waals surface area (Å²) in [6.07, 6.45) is 1.48. The van der Waals surface area contributed by atoms with Crippen molar-refractivity contribution < 1.29 is 28.6 Å². The molecule has 1 aliphatic rings. The van der Waals surface area contributed by atoms with Crippen LogP contribution >= 0.6 is 11.8 Å². The van der Waals surface area contributed by atoms with Crippen LogP contribution in [0.1, 0.15) is 16.1 Å². The van der Waals surface area contributed by atoms with E-state index in [2.05, 4.69) is 0 Å². The molecule has 31 heavy (non-hydrogen) atoms. The number of thioether (sulfide) groups is 1. The summed E-state index contributed by atoms with van der Waals surface area (Å²) in [6.45, 7) is 0.318. The third-order valence-electron chi connectivity index (χ3n) is 4.52. The fraction of sp³-hybridized carbons (Fsp3) is 0.0870. The van der Waals surface area contributed by atoms with Gasteiger partial charge in [0.2, 0.25) is 0 Å². The number of carbonyl (C=O) groups is 3. The van der Waals surface area contributed by atoms with E-state index in [-0.39, 0.29) is 28.9 Å². The highest BCUT2D eigenvalue weighted by atomic mass is 32.2. The standard InChI is InChI=1S/C23H17NO6S/c25-21-20(31-23(28)24(21)12-13-29-15-6-2-1-3-7-15)14-16-10-11-19(30-16)17-8-4-5-9-18(17)22(26)27/h1-11,14H,12-13H2,(H,26,27)/b20-14-. The Morgan fingerprint density at radius 2 is 1.77 bits per heavy atom. The van der Waals surface area contributed by atoms with Crippen LogP contribution in [-0.4, -0.2) is 40.3 Å². The van der Waals surface area contributed by atoms with Gasteiger partial charge in [-0.15, -0.1) is 0 Å². The highest BCUT2D eigenvalue weighted by Gasteiger charge is 2.35. The molecule has 0 saturated carbocycles. The van der Waals surface area contributed by atoms with Crippen molar-refractivity contribution in [2.75, 3.05) is 13.2 Å². The largest absolute Gasteiger partial charge is 0.492 e. The molecule has 1 fully saturated rings. The summed E-state index contributed by atoms with van der Waals surface area (Å²) in [6, 6.07) is 18.9. The first kappa shape index (κ1) is 20.5. The van der Waals surface area contributed by atoms with E-state index in [0.29, 0.717) is 22.8 Å². The number of hydrogen-bond donors (Lipinski definition) is 1. The van der Waals surface area contributed by atoms with Crippen molar-refractivity contribution in [3.63, 3.8) is 0 Å². The molecule has 0 unspecified atom stereocenters. The van der Waals surface area contributed by atoms with Crippen molar-refractivity contribution in [1.82, 2.24) is 4.90 Å². The predicted octanol–water partition coefficient (Wildman–Crippen LogP) is 4.76. The lowest BCUT2D eigenvalue weighted by atomic mass is 10.1. The molecule has 7 nitrogen and oxygen atoms in total. The minimum Gasteiger partial charge on any atom is -0.492 e. The zero-order valence-electron chi connectivity index (χ0n) is 16.2. The second-order valence-corrected chi connectivity index (χ2v) is 7.54. The Hall–Kier alpha value is -3.78. The first-order chi connectivity index (χ1) is 15.0. The van der Waals surface area contributed by atoms with Gasteiger partial charge < -0.3 is 14.3 Å². The topological polar surface area (TPSA) is 97.0 Å². The third kappa shape index (κ3) is 4.54. The fourth-order valence-corrected chi connectivity index (χ4v) is 3.90. The highest BCUT2D eigenvalue weighted by molar-refractivity contribution is 8.18. The lowest BCUT2D eigenvalue weighted by molar-refractivity contribution is -0.123. The van der Waals surface area contributed by atoms with Gasteiger partial charge in [0, 0.05) is 11.6 Å². The van der Waals surface area contributed by atoms with E-state index in [0.717, 1.165) is 16.7 Å². The first-order valence-corrected chi connectivity index (χ1v) is 10.2. The van der Waals surface area contributed by atoms with E-state index in [9.17, 15) is 19.5 Å². The Kier molecular flexibility index (Phi) is 5.90. The zero-order chi connectivity index (χ0) is 21.8. The SMILES string of the molecule is O=C(O)c1ccccc1-c1ccc(/C=C2\SC(=O)N(CCOc3ccccc3)C2=O)o1. The summed E-state index contributed by atoms with van der Waals surface area (Å²) in [4.78, 5) is 37.7. The number of benzene rings is 2. The van der Waals surface area contributed by atoms with Gasteiger partial charge in [-0.05, 0) is 42.1 Å². The molecule has 0 radical (unpaired) electrons. The molecular formula is C23H17NO6S. The predicted molar refractivity (Wildman–Crippen MR) is 116 cm³/mol. The number of nitrogens with zero attached hydrogens (tertiary/aromatic N) is 1. The van der Waals surface area contributed by atoms with Crippen LogP contribution in [0.15, 0.2) is 76.1 Å². The van der Waals surface area contributed by atoms with Crippen LogP contribution < -0.4 is 4.74 Å². The van der Waals surface area contributed by atoms with Crippen LogP contribution in [0.2, 0.25) is 0 Å². The van der Waals surface area contributed by atoms with Gasteiger partial charge in [0.1, 0.15) is 23.9 Å². The maximum Gasteiger partial charge on any atom is 0.336 e. The number of aromatic carboxylic acids is 1. The molecule has 2 aromatic carbocycles. The molecule has 0 atom stereocenters. The summed E-state index contributed by atoms with van der Waals surface area (Å²) in [5.74, 6) is -0.112. The van der Waals surface area contributed by atoms with Gasteiger partial charge >= 0.3 is 5.97 Å². The number of rotatable bonds is 7. The molecule has 156 valence electrons. The molecule has 8 heteroatoms. The number of carbonyl (C=O) groups excluding carboxylic acids is 2. The van der Waals surface area contributed by atoms with Crippen molar-refractivity contribution in [2.45, 2.75) is 0 Å². The molecule has 4 rings (SSSR count). The van der Waals surface area contributed by atoms with Crippen LogP contribution in [0.4, 0.5) is 4.79 Å². The van der Waals surface area contributed by atoms with Crippen LogP contribution in [0.25, 0.3) is 17.4 Å². The molecule has 0 bridgehead atoms. The average Bonchev–Trinajstić information content (AvgIpc) is 3.34. The van der Waals surface area contributed by atoms with Gasteiger partial charge in [-0.1, -0.05) is 36.4 Å². The maximum atomic E-state index is 12.6. The Bertz CT molecular complexity index is 1170. The first-order valence-electron chi connectivity index (χ1n) is 9.38. The molecular weight excluding hydrogens is 418 g/mol. The molecule has 1 N–H and O–H groups in total. The van der Waals surface area contributed by atoms with Crippen molar-refractivity contribution in [3.8, 4) is 17.1 Å². The lowest BCUT2D eigenvalue weighted by Crippen LogP contribution is -2.32. The summed E-state index contributed by atoms with van der Waals surface area (Å²) in [5.41, 5.74) is 0.544. The summed E-state index contributed by atoms with van der Waals surface area (Å²) < 4.78 is 11.3. The lowest BCUT2D eigenvalue weighted by Gasteiger charge is -2.13. The van der Waals surface area contributed by atoms with Crippen molar-refractivity contribution in [3.05, 3.63) is 83.0 Å². The number of ether oxygens (including phenoxy) is 1. The van der Waals surface area contributed by atoms with E-state index in [4.69, 9.17) is 9.15 Å². The molecule has 0 spiro atoms. The fourth-order valence-electron chi connectivity index (χ4n) is 3.05. The number of carboxylic acids is 1. The molecule has 2 heterocycles. The van der Waals surface area contributed by atoms with Gasteiger partial charge in [-0.25, -0.2) is 4.79 Å². The Morgan fingerprint density at radius 1 is 1.03 bits per heavy atom. The van der Waals surface area contributed by atoms with Gasteiger partial charge in [-0.3, -0.25) is 14.5 Å². The molecule has 1 saturated heterocycles. The van der Waals surface area contributed by atoms with Crippen molar-refractivity contribution in [2.24, 2.45) is 0 Å². The minimum atomic E-state index is -1.06. The number of amides is 2. The van der Waals surface area contributed by atoms with E-state index in [1.807, 2.05) is 18.2 Å². The van der Waals surface area contributed by atoms with Crippen LogP contribution in [0.3, 0.4) is 0 Å². The van der Waals surface area contributed by atoms with E-state index in [1.54, 1.807) is 42.5 Å². The third-order valence-corrected chi connectivity index (χ3v) is 5.43. The van der Waals surface area contributed by atoms with E-state index < -0.39 is 11.9 Å². The molecule has 1 aromatic heterocycles. The highest BCUT2D eigenvalue weighted by Crippen LogP contribution is 2.33. The summed E-state index contributed by atoms with van der Waals surface area (Å²) in [5, 5.41) is 8.97. The van der Waals surface area contributed by atoms with Gasteiger partial charge in [-0.2, -0.15) is 0 Å². The number of para-hydroxylation sites is 1. The zero-order valence-corrected chi connectivity index (χ0v) is 17.0. The van der Waals surface area contributed by atoms with E-state index >= 15 is 0 Å². The van der Waals surface area contributed by atoms with Gasteiger partial charge in [0.25, 0.3) is 11.1 Å². The number of furan rings is 1. The minimum absolute atomic E-state index is 0.113. The number of hydrogen-bond acceptors (Lipinski definition) is 6. The quantitative estimate of drug-likeness (QED) is 0.534. The smallest absolute Gasteiger partial charge is 0.336 e. The molecule has 3 aromatic rings. The number of carboxylic acid groups (broad SMARTS) is 1. The normalized spacial score (nSPS) is 15.0. The Morgan fingerprint density at radius 3 is 2.55 bits per heavy atom. The van der Waals surface area contributed by atoms with Crippen molar-refractivity contribution >= 4 is 35.0 Å². The molecule has 1 aliphatic heterocycles. The number of imide groups is 1. The second-order valence-electron chi connectivity index (χ2n) is 6.55. The summed E-state index contributed by atoms with van der Waals surface area (Å²) in [7, 11) is 0. The Labute approximate surface area is 181 Å². The Balaban J connectivity index is 1.46. The van der Waals surface area contributed by atoms with Crippen LogP contribution in [-0.2, 0) is 4.79 Å². The van der Waals surface area contributed by atoms with Crippen LogP contribution in [0, 0.1) is 0 Å².